The Morgan fingerprint density at radius 1 is 1.30 bits per heavy atom. The van der Waals surface area contributed by atoms with Crippen LogP contribution in [0.4, 0.5) is 0 Å². The van der Waals surface area contributed by atoms with E-state index in [9.17, 15) is 19.2 Å². The summed E-state index contributed by atoms with van der Waals surface area (Å²) in [5.41, 5.74) is -1.10. The minimum absolute atomic E-state index is 0.136. The maximum Gasteiger partial charge on any atom is 0.330 e. The topological polar surface area (TPSA) is 117 Å². The molecule has 1 fully saturated rings. The van der Waals surface area contributed by atoms with Crippen molar-refractivity contribution in [3.63, 3.8) is 0 Å². The van der Waals surface area contributed by atoms with E-state index in [1.807, 2.05) is 0 Å². The lowest BCUT2D eigenvalue weighted by atomic mass is 10.0. The number of nitrogens with one attached hydrogen (secondary N) is 1. The van der Waals surface area contributed by atoms with Crippen LogP contribution >= 0.6 is 0 Å². The van der Waals surface area contributed by atoms with E-state index in [1.165, 1.54) is 26.1 Å². The van der Waals surface area contributed by atoms with Gasteiger partial charge >= 0.3 is 17.6 Å². The van der Waals surface area contributed by atoms with Crippen molar-refractivity contribution in [3.05, 3.63) is 33.1 Å². The first kappa shape index (κ1) is 16.9. The van der Waals surface area contributed by atoms with Crippen molar-refractivity contribution < 1.29 is 23.8 Å². The Hall–Kier alpha value is -2.42. The second kappa shape index (κ2) is 7.23. The summed E-state index contributed by atoms with van der Waals surface area (Å²) in [5, 5.41) is 0. The van der Waals surface area contributed by atoms with E-state index in [4.69, 9.17) is 14.2 Å². The molecule has 0 spiro atoms. The molecule has 0 saturated carbocycles. The molecule has 9 nitrogen and oxygen atoms in total. The summed E-state index contributed by atoms with van der Waals surface area (Å²) in [4.78, 5) is 48.2. The summed E-state index contributed by atoms with van der Waals surface area (Å²) in [6.07, 6.45) is -0.255. The van der Waals surface area contributed by atoms with Crippen LogP contribution in [0.2, 0.25) is 0 Å². The van der Waals surface area contributed by atoms with Crippen molar-refractivity contribution in [2.24, 2.45) is 0 Å². The average molecular weight is 326 g/mol. The van der Waals surface area contributed by atoms with E-state index < -0.39 is 41.6 Å². The molecule has 1 aromatic rings. The fourth-order valence-electron chi connectivity index (χ4n) is 2.44. The summed E-state index contributed by atoms with van der Waals surface area (Å²) >= 11 is 0. The molecule has 0 aliphatic carbocycles. The zero-order chi connectivity index (χ0) is 17.0. The molecule has 2 heterocycles. The molecule has 0 amide bonds. The van der Waals surface area contributed by atoms with Gasteiger partial charge in [0.1, 0.15) is 25.0 Å². The van der Waals surface area contributed by atoms with Gasteiger partial charge < -0.3 is 19.2 Å². The number of aromatic nitrogens is 2. The second-order valence-electron chi connectivity index (χ2n) is 5.15. The van der Waals surface area contributed by atoms with Crippen molar-refractivity contribution in [2.45, 2.75) is 45.1 Å². The Morgan fingerprint density at radius 2 is 2.04 bits per heavy atom. The van der Waals surface area contributed by atoms with E-state index >= 15 is 0 Å². The molecule has 0 unspecified atom stereocenters. The molecule has 0 aromatic carbocycles. The summed E-state index contributed by atoms with van der Waals surface area (Å²) in [6, 6.07) is 1.21. The van der Waals surface area contributed by atoms with Crippen LogP contribution in [0, 0.1) is 0 Å². The van der Waals surface area contributed by atoms with Crippen LogP contribution in [0.3, 0.4) is 0 Å². The maximum atomic E-state index is 11.9. The number of ether oxygens (including phenoxy) is 3. The highest BCUT2D eigenvalue weighted by Gasteiger charge is 2.36. The standard InChI is InChI=1S/C14H18N2O7/c1-8(17)21-7-11-10(22-9(2)18)3-4-13(23-11)16-12(19)5-6-15-14(16)20/h5-6,10-11,13H,3-4,7H2,1-2H3,(H,15,20)/t10-,11+,13+/m0/s1. The summed E-state index contributed by atoms with van der Waals surface area (Å²) in [5.74, 6) is -0.994. The molecule has 0 radical (unpaired) electrons. The Balaban J connectivity index is 2.20. The van der Waals surface area contributed by atoms with E-state index in [0.717, 1.165) is 4.57 Å². The smallest absolute Gasteiger partial charge is 0.330 e. The summed E-state index contributed by atoms with van der Waals surface area (Å²) < 4.78 is 16.7. The highest BCUT2D eigenvalue weighted by Crippen LogP contribution is 2.27. The Labute approximate surface area is 131 Å². The van der Waals surface area contributed by atoms with Crippen LogP contribution in [0.1, 0.15) is 32.9 Å². The second-order valence-corrected chi connectivity index (χ2v) is 5.15. The fourth-order valence-corrected chi connectivity index (χ4v) is 2.44. The minimum Gasteiger partial charge on any atom is -0.463 e. The first-order valence-corrected chi connectivity index (χ1v) is 7.14. The van der Waals surface area contributed by atoms with Gasteiger partial charge in [-0.3, -0.25) is 14.4 Å². The number of carbonyl (C=O) groups excluding carboxylic acids is 2. The first-order chi connectivity index (χ1) is 10.9. The van der Waals surface area contributed by atoms with E-state index in [2.05, 4.69) is 4.98 Å². The quantitative estimate of drug-likeness (QED) is 0.755. The average Bonchev–Trinajstić information content (AvgIpc) is 2.46. The van der Waals surface area contributed by atoms with Gasteiger partial charge in [0.15, 0.2) is 0 Å². The lowest BCUT2D eigenvalue weighted by molar-refractivity contribution is -0.192. The SMILES string of the molecule is CC(=O)OC[C@H]1O[C@@H](n2c(=O)cc[nH]c2=O)CC[C@@H]1OC(C)=O. The van der Waals surface area contributed by atoms with Gasteiger partial charge in [0.05, 0.1) is 0 Å². The lowest BCUT2D eigenvalue weighted by Crippen LogP contribution is -2.47. The number of hydrogen-bond donors (Lipinski definition) is 1. The van der Waals surface area contributed by atoms with Crippen molar-refractivity contribution >= 4 is 11.9 Å². The number of esters is 2. The largest absolute Gasteiger partial charge is 0.463 e. The van der Waals surface area contributed by atoms with Crippen molar-refractivity contribution in [1.29, 1.82) is 0 Å². The third-order valence-electron chi connectivity index (χ3n) is 3.39. The minimum atomic E-state index is -0.820. The fraction of sp³-hybridized carbons (Fsp3) is 0.571. The van der Waals surface area contributed by atoms with Crippen LogP contribution in [-0.4, -0.2) is 40.3 Å². The predicted octanol–water partition coefficient (Wildman–Crippen LogP) is -0.291. The zero-order valence-corrected chi connectivity index (χ0v) is 12.8. The van der Waals surface area contributed by atoms with E-state index in [1.54, 1.807) is 0 Å². The molecule has 126 valence electrons. The zero-order valence-electron chi connectivity index (χ0n) is 12.8. The van der Waals surface area contributed by atoms with Crippen LogP contribution in [0.25, 0.3) is 0 Å². The number of hydrogen-bond acceptors (Lipinski definition) is 7. The molecular weight excluding hydrogens is 308 g/mol. The molecule has 0 bridgehead atoms. The molecule has 1 N–H and O–H groups in total. The van der Waals surface area contributed by atoms with Gasteiger partial charge in [-0.25, -0.2) is 9.36 Å². The summed E-state index contributed by atoms with van der Waals surface area (Å²) in [6.45, 7) is 2.37. The lowest BCUT2D eigenvalue weighted by Gasteiger charge is -2.35. The maximum absolute atomic E-state index is 11.9. The molecule has 1 aliphatic rings. The predicted molar refractivity (Wildman–Crippen MR) is 76.7 cm³/mol. The van der Waals surface area contributed by atoms with E-state index in [0.29, 0.717) is 12.8 Å². The van der Waals surface area contributed by atoms with Gasteiger partial charge in [-0.2, -0.15) is 0 Å². The monoisotopic (exact) mass is 326 g/mol. The third-order valence-corrected chi connectivity index (χ3v) is 3.39. The normalized spacial score (nSPS) is 24.0. The van der Waals surface area contributed by atoms with Gasteiger partial charge in [-0.15, -0.1) is 0 Å². The van der Waals surface area contributed by atoms with Crippen LogP contribution in [0.15, 0.2) is 21.9 Å². The number of H-pyrrole nitrogens is 1. The molecule has 9 heteroatoms. The van der Waals surface area contributed by atoms with Gasteiger partial charge in [-0.05, 0) is 12.8 Å². The van der Waals surface area contributed by atoms with Crippen LogP contribution in [0.5, 0.6) is 0 Å². The molecule has 23 heavy (non-hydrogen) atoms. The number of carbonyl (C=O) groups is 2. The first-order valence-electron chi connectivity index (χ1n) is 7.14. The highest BCUT2D eigenvalue weighted by molar-refractivity contribution is 5.66. The Morgan fingerprint density at radius 3 is 2.65 bits per heavy atom. The molecule has 1 aliphatic heterocycles. The Kier molecular flexibility index (Phi) is 5.32. The van der Waals surface area contributed by atoms with Crippen LogP contribution in [-0.2, 0) is 23.8 Å². The Bertz CT molecular complexity index is 665. The van der Waals surface area contributed by atoms with Crippen LogP contribution < -0.4 is 11.2 Å². The molecule has 1 saturated heterocycles. The van der Waals surface area contributed by atoms with Crippen molar-refractivity contribution in [1.82, 2.24) is 9.55 Å². The molecule has 2 rings (SSSR count). The van der Waals surface area contributed by atoms with Gasteiger partial charge in [0.2, 0.25) is 0 Å². The van der Waals surface area contributed by atoms with Crippen molar-refractivity contribution in [2.75, 3.05) is 6.61 Å². The van der Waals surface area contributed by atoms with Gasteiger partial charge in [0, 0.05) is 26.1 Å². The summed E-state index contributed by atoms with van der Waals surface area (Å²) in [7, 11) is 0. The molecule has 1 aromatic heterocycles. The number of aromatic amines is 1. The highest BCUT2D eigenvalue weighted by atomic mass is 16.6. The number of rotatable bonds is 4. The van der Waals surface area contributed by atoms with Gasteiger partial charge in [0.25, 0.3) is 5.56 Å². The van der Waals surface area contributed by atoms with E-state index in [-0.39, 0.29) is 6.61 Å². The third kappa shape index (κ3) is 4.28. The van der Waals surface area contributed by atoms with Crippen molar-refractivity contribution in [3.8, 4) is 0 Å². The molecule has 3 atom stereocenters. The number of nitrogens with zero attached hydrogens (tertiary/aromatic N) is 1. The van der Waals surface area contributed by atoms with Gasteiger partial charge in [-0.1, -0.05) is 0 Å². The molecular formula is C14H18N2O7.